The van der Waals surface area contributed by atoms with Gasteiger partial charge in [0.25, 0.3) is 0 Å². The molecule has 0 aliphatic carbocycles. The van der Waals surface area contributed by atoms with Gasteiger partial charge in [-0.25, -0.2) is 8.42 Å². The molecule has 4 aromatic rings. The largest absolute Gasteiger partial charge is 0.461 e. The van der Waals surface area contributed by atoms with Crippen molar-refractivity contribution in [2.45, 2.75) is 29.6 Å². The van der Waals surface area contributed by atoms with Crippen LogP contribution in [0.5, 0.6) is 0 Å². The fraction of sp³-hybridized carbons (Fsp3) is 0.208. The zero-order valence-electron chi connectivity index (χ0n) is 18.7. The van der Waals surface area contributed by atoms with Crippen molar-refractivity contribution in [1.29, 1.82) is 0 Å². The van der Waals surface area contributed by atoms with E-state index in [1.165, 1.54) is 11.8 Å². The van der Waals surface area contributed by atoms with Crippen molar-refractivity contribution in [2.75, 3.05) is 12.0 Å². The molecule has 1 N–H and O–H groups in total. The lowest BCUT2D eigenvalue weighted by atomic mass is 10.1. The number of amides is 1. The van der Waals surface area contributed by atoms with Gasteiger partial charge in [-0.05, 0) is 42.3 Å². The molecule has 0 saturated heterocycles. The Labute approximate surface area is 202 Å². The van der Waals surface area contributed by atoms with Crippen molar-refractivity contribution in [1.82, 2.24) is 20.1 Å². The van der Waals surface area contributed by atoms with Gasteiger partial charge >= 0.3 is 0 Å². The molecule has 2 heterocycles. The second kappa shape index (κ2) is 10.3. The van der Waals surface area contributed by atoms with Crippen LogP contribution in [0.4, 0.5) is 0 Å². The summed E-state index contributed by atoms with van der Waals surface area (Å²) in [6, 6.07) is 19.8. The van der Waals surface area contributed by atoms with Gasteiger partial charge in [-0.3, -0.25) is 9.36 Å². The Kier molecular flexibility index (Phi) is 7.18. The van der Waals surface area contributed by atoms with Crippen molar-refractivity contribution in [3.63, 3.8) is 0 Å². The van der Waals surface area contributed by atoms with E-state index in [0.29, 0.717) is 23.3 Å². The zero-order valence-corrected chi connectivity index (χ0v) is 20.3. The van der Waals surface area contributed by atoms with Crippen molar-refractivity contribution >= 4 is 27.5 Å². The van der Waals surface area contributed by atoms with Gasteiger partial charge in [-0.2, -0.15) is 0 Å². The summed E-state index contributed by atoms with van der Waals surface area (Å²) in [7, 11) is -3.26. The number of nitrogens with zero attached hydrogens (tertiary/aromatic N) is 3. The first-order chi connectivity index (χ1) is 16.3. The third-order valence-electron chi connectivity index (χ3n) is 5.16. The minimum atomic E-state index is -3.26. The highest BCUT2D eigenvalue weighted by Crippen LogP contribution is 2.26. The van der Waals surface area contributed by atoms with Gasteiger partial charge in [0.2, 0.25) is 11.7 Å². The third-order valence-corrected chi connectivity index (χ3v) is 7.26. The van der Waals surface area contributed by atoms with Crippen LogP contribution in [0.2, 0.25) is 0 Å². The highest BCUT2D eigenvalue weighted by atomic mass is 32.2. The number of carbonyl (C=O) groups is 1. The molecule has 2 aromatic heterocycles. The molecule has 0 spiro atoms. The molecule has 10 heteroatoms. The SMILES string of the molecule is C[C@H](NC(=O)CSc1nnc(-c2ccco2)n1Cc1ccccc1)c1ccc(S(C)(=O)=O)cc1. The molecule has 0 bridgehead atoms. The first-order valence-electron chi connectivity index (χ1n) is 10.5. The molecule has 0 radical (unpaired) electrons. The van der Waals surface area contributed by atoms with E-state index in [1.807, 2.05) is 47.9 Å². The van der Waals surface area contributed by atoms with Gasteiger partial charge < -0.3 is 9.73 Å². The molecule has 0 fully saturated rings. The van der Waals surface area contributed by atoms with Gasteiger partial charge in [0.1, 0.15) is 0 Å². The van der Waals surface area contributed by atoms with Crippen LogP contribution in [0.3, 0.4) is 0 Å². The minimum Gasteiger partial charge on any atom is -0.461 e. The van der Waals surface area contributed by atoms with Crippen LogP contribution in [0.25, 0.3) is 11.6 Å². The number of hydrogen-bond acceptors (Lipinski definition) is 7. The van der Waals surface area contributed by atoms with Crippen LogP contribution in [0.1, 0.15) is 24.1 Å². The molecule has 0 saturated carbocycles. The lowest BCUT2D eigenvalue weighted by Gasteiger charge is -2.15. The number of thioether (sulfide) groups is 1. The van der Waals surface area contributed by atoms with E-state index in [2.05, 4.69) is 15.5 Å². The number of benzene rings is 2. The topological polar surface area (TPSA) is 107 Å². The van der Waals surface area contributed by atoms with Gasteiger partial charge in [-0.1, -0.05) is 54.2 Å². The second-order valence-electron chi connectivity index (χ2n) is 7.77. The number of nitrogens with one attached hydrogen (secondary N) is 1. The summed E-state index contributed by atoms with van der Waals surface area (Å²) in [5.41, 5.74) is 1.89. The predicted octanol–water partition coefficient (Wildman–Crippen LogP) is 3.96. The van der Waals surface area contributed by atoms with E-state index < -0.39 is 9.84 Å². The van der Waals surface area contributed by atoms with Gasteiger partial charge in [-0.15, -0.1) is 10.2 Å². The van der Waals surface area contributed by atoms with Crippen molar-refractivity contribution in [3.05, 3.63) is 84.1 Å². The van der Waals surface area contributed by atoms with Crippen LogP contribution >= 0.6 is 11.8 Å². The third kappa shape index (κ3) is 5.75. The number of furan rings is 1. The van der Waals surface area contributed by atoms with Gasteiger partial charge in [0.05, 0.1) is 29.5 Å². The molecule has 1 atom stereocenters. The molecular weight excluding hydrogens is 472 g/mol. The van der Waals surface area contributed by atoms with Crippen molar-refractivity contribution < 1.29 is 17.6 Å². The number of rotatable bonds is 9. The molecule has 176 valence electrons. The highest BCUT2D eigenvalue weighted by molar-refractivity contribution is 7.99. The standard InChI is InChI=1S/C24H24N4O4S2/c1-17(19-10-12-20(13-11-19)34(2,30)31)25-22(29)16-33-24-27-26-23(21-9-6-14-32-21)28(24)15-18-7-4-3-5-8-18/h3-14,17H,15-16H2,1-2H3,(H,25,29)/t17-/m0/s1. The molecule has 0 aliphatic rings. The molecule has 0 aliphatic heterocycles. The average Bonchev–Trinajstić information content (AvgIpc) is 3.48. The Balaban J connectivity index is 1.44. The lowest BCUT2D eigenvalue weighted by Crippen LogP contribution is -2.28. The molecular formula is C24H24N4O4S2. The molecule has 34 heavy (non-hydrogen) atoms. The molecule has 2 aromatic carbocycles. The first kappa shape index (κ1) is 23.8. The average molecular weight is 497 g/mol. The van der Waals surface area contributed by atoms with Crippen LogP contribution < -0.4 is 5.32 Å². The monoisotopic (exact) mass is 496 g/mol. The van der Waals surface area contributed by atoms with E-state index in [4.69, 9.17) is 4.42 Å². The normalized spacial score (nSPS) is 12.4. The summed E-state index contributed by atoms with van der Waals surface area (Å²) < 4.78 is 30.7. The Morgan fingerprint density at radius 2 is 1.79 bits per heavy atom. The van der Waals surface area contributed by atoms with Crippen molar-refractivity contribution in [3.8, 4) is 11.6 Å². The zero-order chi connectivity index (χ0) is 24.1. The Morgan fingerprint density at radius 3 is 2.44 bits per heavy atom. The second-order valence-corrected chi connectivity index (χ2v) is 10.7. The van der Waals surface area contributed by atoms with Crippen LogP contribution in [0.15, 0.2) is 87.5 Å². The summed E-state index contributed by atoms with van der Waals surface area (Å²) in [6.07, 6.45) is 2.75. The predicted molar refractivity (Wildman–Crippen MR) is 130 cm³/mol. The number of hydrogen-bond donors (Lipinski definition) is 1. The molecule has 0 unspecified atom stereocenters. The molecule has 8 nitrogen and oxygen atoms in total. The fourth-order valence-electron chi connectivity index (χ4n) is 3.39. The van der Waals surface area contributed by atoms with Crippen LogP contribution in [-0.2, 0) is 21.2 Å². The van der Waals surface area contributed by atoms with Crippen LogP contribution in [0, 0.1) is 0 Å². The maximum atomic E-state index is 12.6. The number of aromatic nitrogens is 3. The van der Waals surface area contributed by atoms with E-state index >= 15 is 0 Å². The lowest BCUT2D eigenvalue weighted by molar-refractivity contribution is -0.119. The van der Waals surface area contributed by atoms with E-state index in [-0.39, 0.29) is 22.6 Å². The summed E-state index contributed by atoms with van der Waals surface area (Å²) in [5.74, 6) is 1.18. The Hall–Kier alpha value is -3.37. The van der Waals surface area contributed by atoms with Crippen LogP contribution in [-0.4, -0.2) is 41.1 Å². The quantitative estimate of drug-likeness (QED) is 0.350. The maximum absolute atomic E-state index is 12.6. The van der Waals surface area contributed by atoms with Crippen molar-refractivity contribution in [2.24, 2.45) is 0 Å². The smallest absolute Gasteiger partial charge is 0.230 e. The molecule has 4 rings (SSSR count). The summed E-state index contributed by atoms with van der Waals surface area (Å²) >= 11 is 1.29. The van der Waals surface area contributed by atoms with E-state index in [9.17, 15) is 13.2 Å². The first-order valence-corrected chi connectivity index (χ1v) is 13.4. The maximum Gasteiger partial charge on any atom is 0.230 e. The van der Waals surface area contributed by atoms with E-state index in [1.54, 1.807) is 36.6 Å². The van der Waals surface area contributed by atoms with E-state index in [0.717, 1.165) is 17.4 Å². The summed E-state index contributed by atoms with van der Waals surface area (Å²) in [5, 5.41) is 12.1. The fourth-order valence-corrected chi connectivity index (χ4v) is 4.77. The summed E-state index contributed by atoms with van der Waals surface area (Å²) in [6.45, 7) is 2.39. The highest BCUT2D eigenvalue weighted by Gasteiger charge is 2.19. The number of sulfone groups is 1. The number of carbonyl (C=O) groups excluding carboxylic acids is 1. The van der Waals surface area contributed by atoms with Gasteiger partial charge in [0.15, 0.2) is 20.8 Å². The Bertz CT molecular complexity index is 1350. The molecule has 1 amide bonds. The van der Waals surface area contributed by atoms with Gasteiger partial charge in [0, 0.05) is 6.26 Å². The Morgan fingerprint density at radius 1 is 1.06 bits per heavy atom. The summed E-state index contributed by atoms with van der Waals surface area (Å²) in [4.78, 5) is 12.9. The minimum absolute atomic E-state index is 0.150.